The molecule has 0 spiro atoms. The van der Waals surface area contributed by atoms with E-state index in [1.165, 1.54) is 6.42 Å². The molecular weight excluding hydrogens is 312 g/mol. The Morgan fingerprint density at radius 2 is 2.22 bits per heavy atom. The lowest BCUT2D eigenvalue weighted by Crippen LogP contribution is -2.18. The number of nitrogens with zero attached hydrogens (tertiary/aromatic N) is 1. The molecule has 3 heterocycles. The normalized spacial score (nSPS) is 30.3. The number of rotatable bonds is 2. The van der Waals surface area contributed by atoms with Crippen molar-refractivity contribution in [2.75, 3.05) is 0 Å². The van der Waals surface area contributed by atoms with Crippen LogP contribution in [0.5, 0.6) is 0 Å². The fraction of sp³-hybridized carbons (Fsp3) is 0.692. The average molecular weight is 329 g/mol. The lowest BCUT2D eigenvalue weighted by molar-refractivity contribution is 0.0998. The van der Waals surface area contributed by atoms with E-state index in [9.17, 15) is 0 Å². The molecule has 1 N–H and O–H groups in total. The Balaban J connectivity index is 2.00. The van der Waals surface area contributed by atoms with E-state index in [0.29, 0.717) is 28.7 Å². The van der Waals surface area contributed by atoms with Crippen LogP contribution in [0, 0.1) is 4.64 Å². The summed E-state index contributed by atoms with van der Waals surface area (Å²) < 4.78 is 7.50. The molecule has 0 radical (unpaired) electrons. The van der Waals surface area contributed by atoms with Gasteiger partial charge in [0.2, 0.25) is 0 Å². The van der Waals surface area contributed by atoms with Crippen LogP contribution in [0.15, 0.2) is 4.47 Å². The number of aromatic nitrogens is 2. The lowest BCUT2D eigenvalue weighted by Gasteiger charge is -2.20. The minimum Gasteiger partial charge on any atom is -0.374 e. The van der Waals surface area contributed by atoms with Gasteiger partial charge in [-0.05, 0) is 41.1 Å². The highest BCUT2D eigenvalue weighted by atomic mass is 79.9. The zero-order valence-corrected chi connectivity index (χ0v) is 13.0. The number of H-pyrrole nitrogens is 1. The molecule has 0 aliphatic carbocycles. The Morgan fingerprint density at radius 3 is 2.78 bits per heavy atom. The third kappa shape index (κ3) is 2.06. The van der Waals surface area contributed by atoms with Crippen molar-refractivity contribution in [1.82, 2.24) is 9.97 Å². The van der Waals surface area contributed by atoms with Gasteiger partial charge in [0.25, 0.3) is 0 Å². The van der Waals surface area contributed by atoms with E-state index in [1.807, 2.05) is 0 Å². The van der Waals surface area contributed by atoms with Gasteiger partial charge in [-0.15, -0.1) is 0 Å². The molecule has 98 valence electrons. The maximum absolute atomic E-state index is 5.90. The van der Waals surface area contributed by atoms with Crippen molar-refractivity contribution in [3.05, 3.63) is 20.6 Å². The monoisotopic (exact) mass is 328 g/mol. The van der Waals surface area contributed by atoms with Gasteiger partial charge in [-0.1, -0.05) is 26.1 Å². The van der Waals surface area contributed by atoms with Crippen molar-refractivity contribution in [2.45, 2.75) is 57.2 Å². The fourth-order valence-corrected chi connectivity index (χ4v) is 3.85. The molecule has 5 heteroatoms. The maximum atomic E-state index is 5.90. The van der Waals surface area contributed by atoms with Gasteiger partial charge < -0.3 is 9.72 Å². The summed E-state index contributed by atoms with van der Waals surface area (Å²) in [4.78, 5) is 8.02. The summed E-state index contributed by atoms with van der Waals surface area (Å²) in [7, 11) is 0. The van der Waals surface area contributed by atoms with Crippen LogP contribution in [-0.2, 0) is 4.74 Å². The second kappa shape index (κ2) is 4.69. The van der Waals surface area contributed by atoms with E-state index >= 15 is 0 Å². The summed E-state index contributed by atoms with van der Waals surface area (Å²) in [5.41, 5.74) is 1.15. The minimum atomic E-state index is 0.342. The smallest absolute Gasteiger partial charge is 0.144 e. The van der Waals surface area contributed by atoms with Gasteiger partial charge in [0.05, 0.1) is 16.7 Å². The lowest BCUT2D eigenvalue weighted by atomic mass is 9.88. The van der Waals surface area contributed by atoms with Crippen molar-refractivity contribution in [2.24, 2.45) is 0 Å². The first-order valence-corrected chi connectivity index (χ1v) is 7.71. The number of aromatic amines is 1. The Hall–Kier alpha value is -0.260. The second-order valence-electron chi connectivity index (χ2n) is 5.53. The number of halogens is 1. The molecule has 2 aliphatic heterocycles. The highest BCUT2D eigenvalue weighted by Gasteiger charge is 2.42. The van der Waals surface area contributed by atoms with Gasteiger partial charge in [0, 0.05) is 11.6 Å². The molecule has 2 aliphatic rings. The topological polar surface area (TPSA) is 37.9 Å². The number of ether oxygens (including phenoxy) is 1. The molecule has 3 unspecified atom stereocenters. The molecule has 0 amide bonds. The van der Waals surface area contributed by atoms with Crippen LogP contribution in [0.1, 0.15) is 56.5 Å². The first-order chi connectivity index (χ1) is 8.56. The maximum Gasteiger partial charge on any atom is 0.144 e. The van der Waals surface area contributed by atoms with E-state index < -0.39 is 0 Å². The van der Waals surface area contributed by atoms with Crippen molar-refractivity contribution in [3.63, 3.8) is 0 Å². The first-order valence-electron chi connectivity index (χ1n) is 6.51. The first kappa shape index (κ1) is 12.8. The summed E-state index contributed by atoms with van der Waals surface area (Å²) in [6.45, 7) is 4.32. The van der Waals surface area contributed by atoms with Crippen LogP contribution in [0.3, 0.4) is 0 Å². The number of hydrogen-bond acceptors (Lipinski definition) is 3. The van der Waals surface area contributed by atoms with Crippen LogP contribution < -0.4 is 0 Å². The van der Waals surface area contributed by atoms with Crippen molar-refractivity contribution >= 4 is 28.1 Å². The van der Waals surface area contributed by atoms with Crippen molar-refractivity contribution in [1.29, 1.82) is 0 Å². The third-order valence-electron chi connectivity index (χ3n) is 3.94. The van der Waals surface area contributed by atoms with E-state index in [0.717, 1.165) is 28.8 Å². The highest BCUT2D eigenvalue weighted by Crippen LogP contribution is 2.43. The van der Waals surface area contributed by atoms with Crippen LogP contribution in [0.4, 0.5) is 0 Å². The summed E-state index contributed by atoms with van der Waals surface area (Å²) >= 11 is 8.89. The molecule has 1 aromatic heterocycles. The van der Waals surface area contributed by atoms with Gasteiger partial charge in [-0.3, -0.25) is 0 Å². The van der Waals surface area contributed by atoms with Gasteiger partial charge in [-0.2, -0.15) is 0 Å². The van der Waals surface area contributed by atoms with E-state index in [1.54, 1.807) is 0 Å². The Kier molecular flexibility index (Phi) is 3.32. The Labute approximate surface area is 120 Å². The van der Waals surface area contributed by atoms with Crippen LogP contribution >= 0.6 is 28.1 Å². The van der Waals surface area contributed by atoms with Crippen molar-refractivity contribution < 1.29 is 4.74 Å². The molecule has 2 bridgehead atoms. The van der Waals surface area contributed by atoms with E-state index in [-0.39, 0.29) is 0 Å². The second-order valence-corrected chi connectivity index (χ2v) is 6.71. The van der Waals surface area contributed by atoms with E-state index in [4.69, 9.17) is 17.0 Å². The highest BCUT2D eigenvalue weighted by molar-refractivity contribution is 9.10. The summed E-state index contributed by atoms with van der Waals surface area (Å²) in [5.74, 6) is 1.82. The van der Waals surface area contributed by atoms with Crippen molar-refractivity contribution in [3.8, 4) is 0 Å². The minimum absolute atomic E-state index is 0.342. The number of fused-ring (bicyclic) bond motifs is 2. The SMILES string of the molecule is CC(C)c1[nH]c(C2CC3CCC2O3)nc(=S)c1Br. The molecule has 0 aromatic carbocycles. The third-order valence-corrected chi connectivity index (χ3v) is 5.30. The van der Waals surface area contributed by atoms with Gasteiger partial charge >= 0.3 is 0 Å². The summed E-state index contributed by atoms with van der Waals surface area (Å²) in [6.07, 6.45) is 4.23. The summed E-state index contributed by atoms with van der Waals surface area (Å²) in [5, 5.41) is 0. The van der Waals surface area contributed by atoms with Gasteiger partial charge in [0.1, 0.15) is 10.5 Å². The van der Waals surface area contributed by atoms with Crippen LogP contribution in [-0.4, -0.2) is 22.2 Å². The number of hydrogen-bond donors (Lipinski definition) is 1. The molecule has 18 heavy (non-hydrogen) atoms. The van der Waals surface area contributed by atoms with Crippen LogP contribution in [0.25, 0.3) is 0 Å². The molecule has 3 nitrogen and oxygen atoms in total. The molecule has 0 saturated carbocycles. The molecule has 3 atom stereocenters. The standard InChI is InChI=1S/C13H17BrN2OS/c1-6(2)11-10(14)13(18)16-12(15-11)8-5-7-3-4-9(8)17-7/h6-9H,3-5H2,1-2H3,(H,15,16,18). The molecular formula is C13H17BrN2OS. The fourth-order valence-electron chi connectivity index (χ4n) is 2.99. The molecule has 2 saturated heterocycles. The van der Waals surface area contributed by atoms with E-state index in [2.05, 4.69) is 39.7 Å². The molecule has 1 aromatic rings. The van der Waals surface area contributed by atoms with Gasteiger partial charge in [0.15, 0.2) is 0 Å². The molecule has 2 fully saturated rings. The Bertz CT molecular complexity index is 528. The zero-order chi connectivity index (χ0) is 12.9. The van der Waals surface area contributed by atoms with Gasteiger partial charge in [-0.25, -0.2) is 4.98 Å². The zero-order valence-electron chi connectivity index (χ0n) is 10.6. The quantitative estimate of drug-likeness (QED) is 0.832. The largest absolute Gasteiger partial charge is 0.374 e. The molecule has 3 rings (SSSR count). The summed E-state index contributed by atoms with van der Waals surface area (Å²) in [6, 6.07) is 0. The predicted octanol–water partition coefficient (Wildman–Crippen LogP) is 4.06. The number of nitrogens with one attached hydrogen (secondary N) is 1. The average Bonchev–Trinajstić information content (AvgIpc) is 2.94. The van der Waals surface area contributed by atoms with Crippen LogP contribution in [0.2, 0.25) is 0 Å². The Morgan fingerprint density at radius 1 is 1.44 bits per heavy atom. The predicted molar refractivity (Wildman–Crippen MR) is 76.5 cm³/mol.